The fourth-order valence-corrected chi connectivity index (χ4v) is 2.57. The molecule has 0 saturated heterocycles. The van der Waals surface area contributed by atoms with Gasteiger partial charge in [0.05, 0.1) is 22.9 Å². The number of hydrogen-bond acceptors (Lipinski definition) is 7. The van der Waals surface area contributed by atoms with Crippen LogP contribution in [0.25, 0.3) is 0 Å². The number of benzene rings is 1. The first-order valence-electron chi connectivity index (χ1n) is 7.31. The molecule has 0 bridgehead atoms. The summed E-state index contributed by atoms with van der Waals surface area (Å²) < 4.78 is 65.9. The van der Waals surface area contributed by atoms with Gasteiger partial charge in [0.25, 0.3) is 9.84 Å². The molecule has 11 heteroatoms. The van der Waals surface area contributed by atoms with E-state index in [-0.39, 0.29) is 18.0 Å². The standard InChI is InChI=1S/C15H16F3N3O4S/c1-3-20-12-6-5-11(26(23,24)15(16,17)18)7-13(12)21-9-10(8-19)14(22)25-4-2/h5-7,9,20-21H,3-4H2,1-2H3/b10-9+. The molecule has 26 heavy (non-hydrogen) atoms. The summed E-state index contributed by atoms with van der Waals surface area (Å²) in [6, 6.07) is 4.30. The average Bonchev–Trinajstić information content (AvgIpc) is 2.56. The van der Waals surface area contributed by atoms with Gasteiger partial charge in [0, 0.05) is 12.7 Å². The molecule has 1 aromatic carbocycles. The molecule has 0 aliphatic rings. The minimum absolute atomic E-state index is 0.0276. The Labute approximate surface area is 148 Å². The van der Waals surface area contributed by atoms with Crippen molar-refractivity contribution in [1.82, 2.24) is 0 Å². The van der Waals surface area contributed by atoms with E-state index in [1.165, 1.54) is 6.92 Å². The summed E-state index contributed by atoms with van der Waals surface area (Å²) in [5.74, 6) is -0.924. The van der Waals surface area contributed by atoms with Crippen LogP contribution in [0.3, 0.4) is 0 Å². The Morgan fingerprint density at radius 3 is 2.46 bits per heavy atom. The normalized spacial score (nSPS) is 12.2. The molecule has 7 nitrogen and oxygen atoms in total. The quantitative estimate of drug-likeness (QED) is 0.418. The SMILES string of the molecule is CCNc1ccc(S(=O)(=O)C(F)(F)F)cc1N/C=C(\C#N)C(=O)OCC. The second kappa shape index (κ2) is 8.57. The van der Waals surface area contributed by atoms with Gasteiger partial charge in [-0.05, 0) is 32.0 Å². The molecule has 0 unspecified atom stereocenters. The molecule has 0 saturated carbocycles. The van der Waals surface area contributed by atoms with Crippen molar-refractivity contribution in [3.8, 4) is 6.07 Å². The summed E-state index contributed by atoms with van der Waals surface area (Å²) in [4.78, 5) is 10.6. The van der Waals surface area contributed by atoms with E-state index in [2.05, 4.69) is 15.4 Å². The third-order valence-electron chi connectivity index (χ3n) is 2.96. The number of nitrogens with one attached hydrogen (secondary N) is 2. The zero-order valence-corrected chi connectivity index (χ0v) is 14.7. The Morgan fingerprint density at radius 1 is 1.31 bits per heavy atom. The van der Waals surface area contributed by atoms with Crippen molar-refractivity contribution in [2.75, 3.05) is 23.8 Å². The molecule has 1 aromatic rings. The van der Waals surface area contributed by atoms with Crippen molar-refractivity contribution in [3.63, 3.8) is 0 Å². The summed E-state index contributed by atoms with van der Waals surface area (Å²) in [5, 5.41) is 14.2. The number of carbonyl (C=O) groups is 1. The van der Waals surface area contributed by atoms with Gasteiger partial charge in [0.1, 0.15) is 6.07 Å². The lowest BCUT2D eigenvalue weighted by Crippen LogP contribution is -2.23. The van der Waals surface area contributed by atoms with Crippen LogP contribution in [0.4, 0.5) is 24.5 Å². The highest BCUT2D eigenvalue weighted by atomic mass is 32.2. The van der Waals surface area contributed by atoms with Crippen LogP contribution in [-0.4, -0.2) is 33.0 Å². The molecular formula is C15H16F3N3O4S. The number of nitrogens with zero attached hydrogens (tertiary/aromatic N) is 1. The molecule has 0 aliphatic heterocycles. The zero-order valence-electron chi connectivity index (χ0n) is 13.8. The number of carbonyl (C=O) groups excluding carboxylic acids is 1. The first kappa shape index (κ1) is 21.3. The summed E-state index contributed by atoms with van der Waals surface area (Å²) in [7, 11) is -5.54. The maximum Gasteiger partial charge on any atom is 0.501 e. The smallest absolute Gasteiger partial charge is 0.462 e. The molecular weight excluding hydrogens is 375 g/mol. The Morgan fingerprint density at radius 2 is 1.96 bits per heavy atom. The highest BCUT2D eigenvalue weighted by molar-refractivity contribution is 7.92. The van der Waals surface area contributed by atoms with Gasteiger partial charge in [-0.2, -0.15) is 18.4 Å². The molecule has 0 aliphatic carbocycles. The van der Waals surface area contributed by atoms with E-state index in [9.17, 15) is 26.4 Å². The third-order valence-corrected chi connectivity index (χ3v) is 4.45. The van der Waals surface area contributed by atoms with Crippen LogP contribution < -0.4 is 10.6 Å². The van der Waals surface area contributed by atoms with E-state index >= 15 is 0 Å². The maximum absolute atomic E-state index is 12.7. The number of halogens is 3. The number of sulfone groups is 1. The number of nitriles is 1. The fraction of sp³-hybridized carbons (Fsp3) is 0.333. The lowest BCUT2D eigenvalue weighted by molar-refractivity contribution is -0.138. The van der Waals surface area contributed by atoms with Crippen molar-refractivity contribution >= 4 is 27.2 Å². The minimum Gasteiger partial charge on any atom is -0.462 e. The van der Waals surface area contributed by atoms with Gasteiger partial charge in [-0.1, -0.05) is 0 Å². The van der Waals surface area contributed by atoms with E-state index in [1.54, 1.807) is 13.0 Å². The summed E-state index contributed by atoms with van der Waals surface area (Å²) >= 11 is 0. The lowest BCUT2D eigenvalue weighted by Gasteiger charge is -2.14. The first-order chi connectivity index (χ1) is 12.1. The van der Waals surface area contributed by atoms with Gasteiger partial charge >= 0.3 is 11.5 Å². The Hall–Kier alpha value is -2.74. The van der Waals surface area contributed by atoms with E-state index < -0.39 is 31.8 Å². The van der Waals surface area contributed by atoms with Crippen LogP contribution in [0.2, 0.25) is 0 Å². The van der Waals surface area contributed by atoms with Gasteiger partial charge in [-0.25, -0.2) is 13.2 Å². The second-order valence-electron chi connectivity index (χ2n) is 4.72. The molecule has 0 fully saturated rings. The van der Waals surface area contributed by atoms with E-state index in [0.29, 0.717) is 6.54 Å². The number of rotatable bonds is 7. The highest BCUT2D eigenvalue weighted by Crippen LogP contribution is 2.34. The van der Waals surface area contributed by atoms with Crippen molar-refractivity contribution in [1.29, 1.82) is 5.26 Å². The highest BCUT2D eigenvalue weighted by Gasteiger charge is 2.47. The third kappa shape index (κ3) is 4.89. The maximum atomic E-state index is 12.7. The second-order valence-corrected chi connectivity index (χ2v) is 6.66. The minimum atomic E-state index is -5.54. The predicted octanol–water partition coefficient (Wildman–Crippen LogP) is 2.79. The van der Waals surface area contributed by atoms with Crippen LogP contribution in [0.1, 0.15) is 13.8 Å². The van der Waals surface area contributed by atoms with Gasteiger partial charge < -0.3 is 15.4 Å². The monoisotopic (exact) mass is 391 g/mol. The number of anilines is 2. The van der Waals surface area contributed by atoms with Crippen LogP contribution >= 0.6 is 0 Å². The van der Waals surface area contributed by atoms with Crippen molar-refractivity contribution in [2.24, 2.45) is 0 Å². The van der Waals surface area contributed by atoms with Crippen molar-refractivity contribution in [2.45, 2.75) is 24.3 Å². The topological polar surface area (TPSA) is 108 Å². The van der Waals surface area contributed by atoms with Gasteiger partial charge in [0.15, 0.2) is 5.57 Å². The van der Waals surface area contributed by atoms with Crippen LogP contribution in [0.5, 0.6) is 0 Å². The largest absolute Gasteiger partial charge is 0.501 e. The first-order valence-corrected chi connectivity index (χ1v) is 8.80. The molecule has 0 heterocycles. The average molecular weight is 391 g/mol. The molecule has 0 atom stereocenters. The summed E-state index contributed by atoms with van der Waals surface area (Å²) in [5.41, 5.74) is -5.67. The molecule has 0 amide bonds. The Balaban J connectivity index is 3.34. The molecule has 1 rings (SSSR count). The molecule has 0 radical (unpaired) electrons. The Kier molecular flexibility index (Phi) is 7.02. The van der Waals surface area contributed by atoms with Crippen molar-refractivity contribution in [3.05, 3.63) is 30.0 Å². The van der Waals surface area contributed by atoms with Crippen LogP contribution in [0, 0.1) is 11.3 Å². The van der Waals surface area contributed by atoms with Gasteiger partial charge in [-0.3, -0.25) is 0 Å². The number of hydrogen-bond donors (Lipinski definition) is 2. The molecule has 2 N–H and O–H groups in total. The van der Waals surface area contributed by atoms with E-state index in [4.69, 9.17) is 5.26 Å². The number of ether oxygens (including phenoxy) is 1. The van der Waals surface area contributed by atoms with Crippen LogP contribution in [0.15, 0.2) is 34.9 Å². The summed E-state index contributed by atoms with van der Waals surface area (Å²) in [6.07, 6.45) is 0.929. The van der Waals surface area contributed by atoms with Crippen LogP contribution in [-0.2, 0) is 19.4 Å². The summed E-state index contributed by atoms with van der Waals surface area (Å²) in [6.45, 7) is 3.68. The van der Waals surface area contributed by atoms with E-state index in [1.807, 2.05) is 0 Å². The molecule has 0 spiro atoms. The molecule has 0 aromatic heterocycles. The number of alkyl halides is 3. The van der Waals surface area contributed by atoms with Gasteiger partial charge in [-0.15, -0.1) is 0 Å². The molecule has 142 valence electrons. The Bertz CT molecular complexity index is 843. The van der Waals surface area contributed by atoms with Crippen molar-refractivity contribution < 1.29 is 31.1 Å². The lowest BCUT2D eigenvalue weighted by atomic mass is 10.2. The van der Waals surface area contributed by atoms with Gasteiger partial charge in [0.2, 0.25) is 0 Å². The fourth-order valence-electron chi connectivity index (χ4n) is 1.78. The predicted molar refractivity (Wildman–Crippen MR) is 87.8 cm³/mol. The van der Waals surface area contributed by atoms with E-state index in [0.717, 1.165) is 24.4 Å². The number of esters is 1. The zero-order chi connectivity index (χ0) is 20.0.